The maximum atomic E-state index is 6.89. The molecule has 0 aromatic heterocycles. The Hall–Kier alpha value is -5.66. The minimum Gasteiger partial charge on any atom is -0.110 e. The SMILES string of the molecule is [B]c1c([B])c([B])c2c(-c3ccc(-c4ccc(-c5ccc6c(c5)-c5cc7ccccc7cc5[B]6)cc4)cc3)c3c([B])c([B])c([B])c([B])c3c(-c3ccccc3)c2c1[B]. The predicted octanol–water partition coefficient (Wildman–Crippen LogP) is 1.80. The summed E-state index contributed by atoms with van der Waals surface area (Å²) in [5.41, 5.74) is 14.3. The van der Waals surface area contributed by atoms with Gasteiger partial charge in [0.15, 0.2) is 7.28 Å². The largest absolute Gasteiger partial charge is 0.193 e. The molecule has 0 aliphatic carbocycles. The van der Waals surface area contributed by atoms with Crippen LogP contribution in [0.5, 0.6) is 0 Å². The Labute approximate surface area is 344 Å². The Morgan fingerprint density at radius 3 is 1.14 bits per heavy atom. The van der Waals surface area contributed by atoms with E-state index < -0.39 is 0 Å². The highest BCUT2D eigenvalue weighted by Gasteiger charge is 2.25. The highest BCUT2D eigenvalue weighted by atomic mass is 14.2. The van der Waals surface area contributed by atoms with Crippen molar-refractivity contribution >= 4 is 157 Å². The topological polar surface area (TPSA) is 0 Å². The number of fused-ring (bicyclic) bond motifs is 6. The summed E-state index contributed by atoms with van der Waals surface area (Å²) in [5.74, 6) is 0. The van der Waals surface area contributed by atoms with E-state index in [0.29, 0.717) is 32.7 Å². The van der Waals surface area contributed by atoms with Crippen LogP contribution < -0.4 is 54.6 Å². The van der Waals surface area contributed by atoms with Crippen LogP contribution in [0.2, 0.25) is 0 Å². The van der Waals surface area contributed by atoms with Gasteiger partial charge in [0.1, 0.15) is 62.8 Å². The van der Waals surface area contributed by atoms with E-state index in [1.165, 1.54) is 32.8 Å². The molecule has 241 valence electrons. The minimum atomic E-state index is 0.186. The van der Waals surface area contributed by atoms with Crippen molar-refractivity contribution in [3.63, 3.8) is 0 Å². The molecule has 10 rings (SSSR count). The van der Waals surface area contributed by atoms with E-state index in [9.17, 15) is 0 Å². The number of hydrogen-bond acceptors (Lipinski definition) is 0. The lowest BCUT2D eigenvalue weighted by Gasteiger charge is -2.28. The van der Waals surface area contributed by atoms with Gasteiger partial charge in [0.2, 0.25) is 0 Å². The zero-order valence-corrected chi connectivity index (χ0v) is 30.9. The fraction of sp³-hybridized carbons (Fsp3) is 0. The quantitative estimate of drug-likeness (QED) is 0.195. The summed E-state index contributed by atoms with van der Waals surface area (Å²) in [5, 5.41) is 4.89. The average Bonchev–Trinajstić information content (AvgIpc) is 3.61. The maximum Gasteiger partial charge on any atom is 0.193 e. The lowest BCUT2D eigenvalue weighted by molar-refractivity contribution is 1.59. The van der Waals surface area contributed by atoms with Crippen LogP contribution in [0.4, 0.5) is 0 Å². The second-order valence-corrected chi connectivity index (χ2v) is 14.8. The van der Waals surface area contributed by atoms with E-state index in [1.807, 2.05) is 42.5 Å². The summed E-state index contributed by atoms with van der Waals surface area (Å²) < 4.78 is 0. The maximum absolute atomic E-state index is 6.89. The third kappa shape index (κ3) is 5.49. The standard InChI is InChI=1S/C48H22B9/c49-41-37-35(26-6-2-1-3-7-26)38-40(44(52)48(56)46(54)42(38)50)36(39(37)43(51)47(55)45(41)53)27-16-14-24(15-17-27)23-10-12-25(13-11-23)30-18-19-33-31(21-30)32-20-28-8-4-5-9-29(28)22-34(32)57-33/h1-22H. The molecule has 0 N–H and O–H groups in total. The van der Waals surface area contributed by atoms with E-state index in [1.54, 1.807) is 0 Å². The van der Waals surface area contributed by atoms with Gasteiger partial charge in [-0.05, 0) is 100 Å². The molecule has 0 saturated heterocycles. The Morgan fingerprint density at radius 1 is 0.281 bits per heavy atom. The summed E-state index contributed by atoms with van der Waals surface area (Å²) in [6.07, 6.45) is 0. The van der Waals surface area contributed by atoms with Crippen LogP contribution in [-0.2, 0) is 0 Å². The third-order valence-electron chi connectivity index (χ3n) is 11.7. The van der Waals surface area contributed by atoms with Crippen LogP contribution in [0.25, 0.3) is 88.0 Å². The first-order valence-corrected chi connectivity index (χ1v) is 18.7. The van der Waals surface area contributed by atoms with Crippen LogP contribution >= 0.6 is 0 Å². The van der Waals surface area contributed by atoms with Gasteiger partial charge in [-0.15, -0.1) is 21.9 Å². The van der Waals surface area contributed by atoms with Crippen molar-refractivity contribution in [1.82, 2.24) is 0 Å². The molecule has 1 aliphatic heterocycles. The Morgan fingerprint density at radius 2 is 0.649 bits per heavy atom. The number of hydrogen-bond donors (Lipinski definition) is 0. The molecule has 0 unspecified atom stereocenters. The van der Waals surface area contributed by atoms with Crippen LogP contribution in [0.3, 0.4) is 0 Å². The molecule has 0 bridgehead atoms. The van der Waals surface area contributed by atoms with E-state index in [2.05, 4.69) is 98.3 Å². The molecular weight excluding hydrogens is 674 g/mol. The fourth-order valence-corrected chi connectivity index (χ4v) is 8.69. The first-order valence-electron chi connectivity index (χ1n) is 18.7. The minimum absolute atomic E-state index is 0.186. The first-order chi connectivity index (χ1) is 27.6. The molecule has 0 spiro atoms. The van der Waals surface area contributed by atoms with Gasteiger partial charge in [0.25, 0.3) is 0 Å². The van der Waals surface area contributed by atoms with Gasteiger partial charge in [-0.2, -0.15) is 0 Å². The van der Waals surface area contributed by atoms with Gasteiger partial charge in [-0.3, -0.25) is 0 Å². The van der Waals surface area contributed by atoms with E-state index in [0.717, 1.165) is 33.4 Å². The Balaban J connectivity index is 1.09. The average molecular weight is 696 g/mol. The summed E-state index contributed by atoms with van der Waals surface area (Å²) in [6.45, 7) is 0. The molecule has 9 aromatic carbocycles. The second kappa shape index (κ2) is 13.5. The highest BCUT2D eigenvalue weighted by Crippen LogP contribution is 2.41. The smallest absolute Gasteiger partial charge is 0.110 e. The van der Waals surface area contributed by atoms with Crippen LogP contribution in [0.15, 0.2) is 133 Å². The van der Waals surface area contributed by atoms with Crippen LogP contribution in [0.1, 0.15) is 0 Å². The number of rotatable bonds is 4. The fourth-order valence-electron chi connectivity index (χ4n) is 8.69. The molecule has 9 heteroatoms. The number of benzene rings is 9. The van der Waals surface area contributed by atoms with E-state index in [-0.39, 0.29) is 43.7 Å². The van der Waals surface area contributed by atoms with Crippen molar-refractivity contribution in [1.29, 1.82) is 0 Å². The molecule has 0 nitrogen and oxygen atoms in total. The van der Waals surface area contributed by atoms with Gasteiger partial charge in [0, 0.05) is 0 Å². The third-order valence-corrected chi connectivity index (χ3v) is 11.7. The van der Waals surface area contributed by atoms with Gasteiger partial charge in [0.05, 0.1) is 0 Å². The lowest BCUT2D eigenvalue weighted by atomic mass is 9.59. The Bertz CT molecular complexity index is 3070. The molecule has 0 saturated carbocycles. The molecule has 0 fully saturated rings. The van der Waals surface area contributed by atoms with E-state index in [4.69, 9.17) is 62.8 Å². The van der Waals surface area contributed by atoms with Crippen molar-refractivity contribution < 1.29 is 0 Å². The summed E-state index contributed by atoms with van der Waals surface area (Å²) in [6, 6.07) is 46.3. The van der Waals surface area contributed by atoms with Crippen molar-refractivity contribution in [2.75, 3.05) is 0 Å². The molecule has 9 aromatic rings. The monoisotopic (exact) mass is 697 g/mol. The molecule has 57 heavy (non-hydrogen) atoms. The van der Waals surface area contributed by atoms with Crippen molar-refractivity contribution in [2.24, 2.45) is 0 Å². The first kappa shape index (κ1) is 35.7. The van der Waals surface area contributed by atoms with Gasteiger partial charge >= 0.3 is 0 Å². The zero-order chi connectivity index (χ0) is 39.3. The van der Waals surface area contributed by atoms with Crippen molar-refractivity contribution in [3.8, 4) is 55.6 Å². The van der Waals surface area contributed by atoms with Crippen molar-refractivity contribution in [2.45, 2.75) is 0 Å². The predicted molar refractivity (Wildman–Crippen MR) is 254 cm³/mol. The highest BCUT2D eigenvalue weighted by molar-refractivity contribution is 6.74. The van der Waals surface area contributed by atoms with Crippen molar-refractivity contribution in [3.05, 3.63) is 133 Å². The van der Waals surface area contributed by atoms with Crippen LogP contribution in [-0.4, -0.2) is 70.0 Å². The summed E-state index contributed by atoms with van der Waals surface area (Å²) >= 11 is 0. The molecular formula is C48H22B9. The normalized spacial score (nSPS) is 11.9. The van der Waals surface area contributed by atoms with E-state index >= 15 is 0 Å². The molecule has 0 atom stereocenters. The molecule has 1 heterocycles. The van der Waals surface area contributed by atoms with Gasteiger partial charge in [-0.1, -0.05) is 154 Å². The second-order valence-electron chi connectivity index (χ2n) is 14.8. The summed E-state index contributed by atoms with van der Waals surface area (Å²) in [7, 11) is 55.9. The zero-order valence-electron chi connectivity index (χ0n) is 30.9. The molecule has 1 aliphatic rings. The van der Waals surface area contributed by atoms with Gasteiger partial charge < -0.3 is 0 Å². The molecule has 17 radical (unpaired) electrons. The van der Waals surface area contributed by atoms with Crippen LogP contribution in [0, 0.1) is 0 Å². The Kier molecular flexibility index (Phi) is 8.45. The van der Waals surface area contributed by atoms with Gasteiger partial charge in [-0.25, -0.2) is 0 Å². The molecule has 0 amide bonds. The summed E-state index contributed by atoms with van der Waals surface area (Å²) in [4.78, 5) is 0. The lowest BCUT2D eigenvalue weighted by Crippen LogP contribution is -2.50.